The van der Waals surface area contributed by atoms with Crippen LogP contribution in [0.15, 0.2) is 78.0 Å². The summed E-state index contributed by atoms with van der Waals surface area (Å²) in [6.07, 6.45) is 1.77. The maximum absolute atomic E-state index is 11.7. The minimum Gasteiger partial charge on any atom is -0.318 e. The van der Waals surface area contributed by atoms with Gasteiger partial charge >= 0.3 is 5.97 Å². The molecule has 0 unspecified atom stereocenters. The second kappa shape index (κ2) is 6.68. The minimum absolute atomic E-state index is 0.218. The third kappa shape index (κ3) is 3.58. The van der Waals surface area contributed by atoms with E-state index in [4.69, 9.17) is 4.84 Å². The fourth-order valence-corrected chi connectivity index (χ4v) is 2.23. The molecule has 3 nitrogen and oxygen atoms in total. The van der Waals surface area contributed by atoms with E-state index < -0.39 is 0 Å². The van der Waals surface area contributed by atoms with E-state index in [0.29, 0.717) is 0 Å². The van der Waals surface area contributed by atoms with Crippen molar-refractivity contribution in [1.29, 1.82) is 0 Å². The number of benzene rings is 3. The summed E-state index contributed by atoms with van der Waals surface area (Å²) in [6, 6.07) is 23.5. The fourth-order valence-electron chi connectivity index (χ4n) is 2.23. The van der Waals surface area contributed by atoms with E-state index >= 15 is 0 Å². The summed E-state index contributed by atoms with van der Waals surface area (Å²) in [7, 11) is 0. The highest BCUT2D eigenvalue weighted by Gasteiger charge is 2.03. The molecule has 0 saturated carbocycles. The lowest BCUT2D eigenvalue weighted by Crippen LogP contribution is -2.04. The first-order valence-electron chi connectivity index (χ1n) is 7.07. The predicted molar refractivity (Wildman–Crippen MR) is 87.8 cm³/mol. The van der Waals surface area contributed by atoms with E-state index in [1.807, 2.05) is 66.7 Å². The van der Waals surface area contributed by atoms with Gasteiger partial charge in [0.2, 0.25) is 0 Å². The zero-order chi connectivity index (χ0) is 15.2. The van der Waals surface area contributed by atoms with Crippen molar-refractivity contribution < 1.29 is 9.63 Å². The topological polar surface area (TPSA) is 38.7 Å². The number of nitrogens with zero attached hydrogens (tertiary/aromatic N) is 1. The summed E-state index contributed by atoms with van der Waals surface area (Å²) in [4.78, 5) is 16.6. The van der Waals surface area contributed by atoms with E-state index in [-0.39, 0.29) is 12.4 Å². The average molecular weight is 289 g/mol. The SMILES string of the molecule is O=C(Cc1ccccc1)ON=Cc1ccc2ccccc2c1. The largest absolute Gasteiger partial charge is 0.339 e. The molecule has 0 saturated heterocycles. The fraction of sp³-hybridized carbons (Fsp3) is 0.0526. The lowest BCUT2D eigenvalue weighted by molar-refractivity contribution is -0.142. The van der Waals surface area contributed by atoms with Crippen molar-refractivity contribution in [1.82, 2.24) is 0 Å². The third-order valence-electron chi connectivity index (χ3n) is 3.32. The second-order valence-electron chi connectivity index (χ2n) is 4.97. The van der Waals surface area contributed by atoms with E-state index in [1.165, 1.54) is 5.39 Å². The normalized spacial score (nSPS) is 10.9. The Balaban J connectivity index is 1.62. The highest BCUT2D eigenvalue weighted by molar-refractivity contribution is 5.90. The number of fused-ring (bicyclic) bond motifs is 1. The molecule has 0 heterocycles. The number of hydrogen-bond donors (Lipinski definition) is 0. The quantitative estimate of drug-likeness (QED) is 0.414. The highest BCUT2D eigenvalue weighted by Crippen LogP contribution is 2.14. The molecule has 0 amide bonds. The molecule has 0 aliphatic rings. The molecule has 0 aliphatic carbocycles. The first-order chi connectivity index (χ1) is 10.8. The Kier molecular flexibility index (Phi) is 4.25. The molecule has 0 aromatic heterocycles. The van der Waals surface area contributed by atoms with Crippen LogP contribution in [0.5, 0.6) is 0 Å². The first kappa shape index (κ1) is 14.0. The van der Waals surface area contributed by atoms with E-state index in [2.05, 4.69) is 11.2 Å². The van der Waals surface area contributed by atoms with Crippen molar-refractivity contribution >= 4 is 23.0 Å². The molecular formula is C19H15NO2. The van der Waals surface area contributed by atoms with Gasteiger partial charge < -0.3 is 4.84 Å². The van der Waals surface area contributed by atoms with Crippen LogP contribution in [0.4, 0.5) is 0 Å². The van der Waals surface area contributed by atoms with Crippen LogP contribution in [-0.4, -0.2) is 12.2 Å². The van der Waals surface area contributed by atoms with Gasteiger partial charge in [0, 0.05) is 0 Å². The lowest BCUT2D eigenvalue weighted by atomic mass is 10.1. The van der Waals surface area contributed by atoms with Gasteiger partial charge in [-0.15, -0.1) is 0 Å². The predicted octanol–water partition coefficient (Wildman–Crippen LogP) is 3.96. The van der Waals surface area contributed by atoms with Crippen molar-refractivity contribution in [2.24, 2.45) is 5.16 Å². The molecule has 0 N–H and O–H groups in total. The van der Waals surface area contributed by atoms with Crippen LogP contribution in [0.3, 0.4) is 0 Å². The molecule has 0 bridgehead atoms. The van der Waals surface area contributed by atoms with E-state index in [9.17, 15) is 4.79 Å². The lowest BCUT2D eigenvalue weighted by Gasteiger charge is -2.00. The van der Waals surface area contributed by atoms with E-state index in [0.717, 1.165) is 16.5 Å². The molecule has 3 aromatic rings. The Bertz CT molecular complexity index is 810. The van der Waals surface area contributed by atoms with Gasteiger partial charge in [-0.05, 0) is 28.0 Å². The van der Waals surface area contributed by atoms with Crippen LogP contribution in [-0.2, 0) is 16.1 Å². The van der Waals surface area contributed by atoms with Crippen LogP contribution in [0, 0.1) is 0 Å². The van der Waals surface area contributed by atoms with Gasteiger partial charge in [0.25, 0.3) is 0 Å². The van der Waals surface area contributed by atoms with Crippen LogP contribution < -0.4 is 0 Å². The molecule has 0 aliphatic heterocycles. The van der Waals surface area contributed by atoms with Crippen LogP contribution in [0.25, 0.3) is 10.8 Å². The van der Waals surface area contributed by atoms with Crippen molar-refractivity contribution in [3.05, 3.63) is 83.9 Å². The van der Waals surface area contributed by atoms with Gasteiger partial charge in [-0.1, -0.05) is 71.9 Å². The Morgan fingerprint density at radius 3 is 2.45 bits per heavy atom. The number of carbonyl (C=O) groups is 1. The van der Waals surface area contributed by atoms with Crippen LogP contribution >= 0.6 is 0 Å². The summed E-state index contributed by atoms with van der Waals surface area (Å²) in [5.74, 6) is -0.372. The zero-order valence-electron chi connectivity index (χ0n) is 12.0. The Morgan fingerprint density at radius 1 is 0.909 bits per heavy atom. The molecule has 0 fully saturated rings. The molecule has 3 rings (SSSR count). The molecule has 3 heteroatoms. The molecule has 3 aromatic carbocycles. The zero-order valence-corrected chi connectivity index (χ0v) is 12.0. The van der Waals surface area contributed by atoms with Gasteiger partial charge in [-0.2, -0.15) is 0 Å². The number of rotatable bonds is 4. The van der Waals surface area contributed by atoms with Gasteiger partial charge in [0.1, 0.15) is 0 Å². The second-order valence-corrected chi connectivity index (χ2v) is 4.97. The molecule has 22 heavy (non-hydrogen) atoms. The smallest absolute Gasteiger partial charge is 0.318 e. The maximum atomic E-state index is 11.7. The van der Waals surface area contributed by atoms with Gasteiger partial charge in [0.05, 0.1) is 12.6 Å². The Morgan fingerprint density at radius 2 is 1.64 bits per heavy atom. The van der Waals surface area contributed by atoms with Crippen LogP contribution in [0.1, 0.15) is 11.1 Å². The highest BCUT2D eigenvalue weighted by atomic mass is 16.7. The van der Waals surface area contributed by atoms with Gasteiger partial charge in [-0.3, -0.25) is 0 Å². The molecule has 0 atom stereocenters. The number of oxime groups is 1. The molecule has 108 valence electrons. The standard InChI is InChI=1S/C19H15NO2/c21-19(13-15-6-2-1-3-7-15)22-20-14-16-10-11-17-8-4-5-9-18(17)12-16/h1-12,14H,13H2. The van der Waals surface area contributed by atoms with Crippen molar-refractivity contribution in [3.63, 3.8) is 0 Å². The average Bonchev–Trinajstić information content (AvgIpc) is 2.55. The molecule has 0 radical (unpaired) electrons. The Labute approximate surface area is 128 Å². The van der Waals surface area contributed by atoms with Gasteiger partial charge in [0.15, 0.2) is 0 Å². The summed E-state index contributed by atoms with van der Waals surface area (Å²) >= 11 is 0. The maximum Gasteiger partial charge on any atom is 0.339 e. The number of carbonyl (C=O) groups excluding carboxylic acids is 1. The summed E-state index contributed by atoms with van der Waals surface area (Å²) in [6.45, 7) is 0. The Hall–Kier alpha value is -2.94. The third-order valence-corrected chi connectivity index (χ3v) is 3.32. The summed E-state index contributed by atoms with van der Waals surface area (Å²) in [5, 5.41) is 6.06. The molecule has 0 spiro atoms. The minimum atomic E-state index is -0.372. The summed E-state index contributed by atoms with van der Waals surface area (Å²) < 4.78 is 0. The van der Waals surface area contributed by atoms with Crippen molar-refractivity contribution in [2.45, 2.75) is 6.42 Å². The number of hydrogen-bond acceptors (Lipinski definition) is 3. The van der Waals surface area contributed by atoms with Gasteiger partial charge in [-0.25, -0.2) is 4.79 Å². The molecular weight excluding hydrogens is 274 g/mol. The van der Waals surface area contributed by atoms with Crippen LogP contribution in [0.2, 0.25) is 0 Å². The van der Waals surface area contributed by atoms with Crippen molar-refractivity contribution in [3.8, 4) is 0 Å². The summed E-state index contributed by atoms with van der Waals surface area (Å²) in [5.41, 5.74) is 1.81. The first-order valence-corrected chi connectivity index (χ1v) is 7.07. The monoisotopic (exact) mass is 289 g/mol. The van der Waals surface area contributed by atoms with Crippen molar-refractivity contribution in [2.75, 3.05) is 0 Å². The van der Waals surface area contributed by atoms with E-state index in [1.54, 1.807) is 6.21 Å².